The van der Waals surface area contributed by atoms with Crippen LogP contribution >= 0.6 is 0 Å². The summed E-state index contributed by atoms with van der Waals surface area (Å²) in [6, 6.07) is 1.68. The van der Waals surface area contributed by atoms with Crippen LogP contribution in [-0.4, -0.2) is 35.2 Å². The number of hydrogen-bond donors (Lipinski definition) is 2. The molecule has 0 bridgehead atoms. The van der Waals surface area contributed by atoms with Gasteiger partial charge in [0.15, 0.2) is 0 Å². The Morgan fingerprint density at radius 3 is 2.35 bits per heavy atom. The number of carbonyl (C=O) groups excluding carboxylic acids is 1. The molecule has 1 aromatic heterocycles. The maximum absolute atomic E-state index is 12.7. The summed E-state index contributed by atoms with van der Waals surface area (Å²) in [6.45, 7) is 2.96. The van der Waals surface area contributed by atoms with Crippen molar-refractivity contribution in [1.82, 2.24) is 4.98 Å². The van der Waals surface area contributed by atoms with E-state index in [2.05, 4.69) is 4.98 Å². The molecule has 0 aliphatic rings. The molecule has 1 heterocycles. The van der Waals surface area contributed by atoms with Crippen LogP contribution in [0.5, 0.6) is 0 Å². The average Bonchev–Trinajstić information content (AvgIpc) is 2.24. The van der Waals surface area contributed by atoms with Crippen molar-refractivity contribution in [3.8, 4) is 0 Å². The number of primary amides is 1. The summed E-state index contributed by atoms with van der Waals surface area (Å²) >= 11 is 0. The first-order valence-corrected chi connectivity index (χ1v) is 5.73. The van der Waals surface area contributed by atoms with E-state index in [0.717, 1.165) is 6.07 Å². The fraction of sp³-hybridized carbons (Fsp3) is 0.500. The number of pyridine rings is 1. The summed E-state index contributed by atoms with van der Waals surface area (Å²) in [4.78, 5) is 16.0. The van der Waals surface area contributed by atoms with Crippen LogP contribution in [0.2, 0.25) is 0 Å². The smallest absolute Gasteiger partial charge is 0.389 e. The topological polar surface area (TPSA) is 79.4 Å². The Morgan fingerprint density at radius 2 is 1.95 bits per heavy atom. The lowest BCUT2D eigenvalue weighted by molar-refractivity contribution is -0.141. The van der Waals surface area contributed by atoms with E-state index in [9.17, 15) is 23.1 Å². The van der Waals surface area contributed by atoms with Gasteiger partial charge in [-0.1, -0.05) is 0 Å². The van der Waals surface area contributed by atoms with Crippen molar-refractivity contribution >= 4 is 11.7 Å². The summed E-state index contributed by atoms with van der Waals surface area (Å²) in [5, 5.41) is 9.70. The lowest BCUT2D eigenvalue weighted by atomic mass is 10.1. The van der Waals surface area contributed by atoms with Crippen molar-refractivity contribution in [3.63, 3.8) is 0 Å². The first-order valence-electron chi connectivity index (χ1n) is 5.73. The summed E-state index contributed by atoms with van der Waals surface area (Å²) in [5.41, 5.74) is 2.70. The van der Waals surface area contributed by atoms with E-state index in [1.54, 1.807) is 0 Å². The highest BCUT2D eigenvalue weighted by molar-refractivity contribution is 5.97. The number of nitrogens with zero attached hydrogens (tertiary/aromatic N) is 2. The molecule has 0 unspecified atom stereocenters. The Balaban J connectivity index is 3.29. The molecule has 0 radical (unpaired) electrons. The van der Waals surface area contributed by atoms with Crippen LogP contribution in [0, 0.1) is 0 Å². The first-order chi connectivity index (χ1) is 8.92. The first kappa shape index (κ1) is 16.2. The van der Waals surface area contributed by atoms with Gasteiger partial charge in [-0.05, 0) is 26.0 Å². The molecule has 0 fully saturated rings. The van der Waals surface area contributed by atoms with Crippen molar-refractivity contribution in [2.75, 3.05) is 18.5 Å². The van der Waals surface area contributed by atoms with E-state index in [-0.39, 0.29) is 17.9 Å². The Kier molecular flexibility index (Phi) is 4.28. The molecule has 8 heteroatoms. The van der Waals surface area contributed by atoms with Gasteiger partial charge in [0.05, 0.1) is 11.2 Å². The van der Waals surface area contributed by atoms with Gasteiger partial charge < -0.3 is 15.7 Å². The lowest BCUT2D eigenvalue weighted by Crippen LogP contribution is -2.38. The molecule has 0 saturated heterocycles. The molecule has 0 aliphatic heterocycles. The monoisotopic (exact) mass is 291 g/mol. The highest BCUT2D eigenvalue weighted by atomic mass is 19.4. The fourth-order valence-corrected chi connectivity index (χ4v) is 1.74. The predicted octanol–water partition coefficient (Wildman–Crippen LogP) is 1.41. The van der Waals surface area contributed by atoms with Gasteiger partial charge in [0.1, 0.15) is 11.5 Å². The second kappa shape index (κ2) is 5.28. The zero-order valence-electron chi connectivity index (χ0n) is 11.3. The van der Waals surface area contributed by atoms with Gasteiger partial charge in [-0.2, -0.15) is 13.2 Å². The minimum absolute atomic E-state index is 0.0123. The van der Waals surface area contributed by atoms with E-state index >= 15 is 0 Å². The zero-order valence-corrected chi connectivity index (χ0v) is 11.3. The molecule has 0 aromatic carbocycles. The van der Waals surface area contributed by atoms with Gasteiger partial charge in [0, 0.05) is 13.6 Å². The Morgan fingerprint density at radius 1 is 1.40 bits per heavy atom. The van der Waals surface area contributed by atoms with E-state index in [0.29, 0.717) is 6.07 Å². The number of alkyl halides is 3. The third-order valence-corrected chi connectivity index (χ3v) is 2.42. The fourth-order valence-electron chi connectivity index (χ4n) is 1.74. The third-order valence-electron chi connectivity index (χ3n) is 2.42. The zero-order chi connectivity index (χ0) is 15.7. The summed E-state index contributed by atoms with van der Waals surface area (Å²) in [5.74, 6) is -1.10. The van der Waals surface area contributed by atoms with Crippen molar-refractivity contribution in [2.24, 2.45) is 5.73 Å². The highest BCUT2D eigenvalue weighted by Gasteiger charge is 2.34. The second-order valence-electron chi connectivity index (χ2n) is 5.10. The SMILES string of the molecule is CN(CC(C)(C)O)c1nc(C(F)(F)F)ccc1C(N)=O. The predicted molar refractivity (Wildman–Crippen MR) is 67.3 cm³/mol. The molecule has 0 spiro atoms. The van der Waals surface area contributed by atoms with Crippen LogP contribution in [-0.2, 0) is 6.18 Å². The standard InChI is InChI=1S/C12H16F3N3O2/c1-11(2,20)6-18(3)10-7(9(16)19)4-5-8(17-10)12(13,14)15/h4-5,20H,6H2,1-3H3,(H2,16,19). The minimum Gasteiger partial charge on any atom is -0.389 e. The Bertz CT molecular complexity index is 510. The molecule has 1 aromatic rings. The van der Waals surface area contributed by atoms with Gasteiger partial charge in [-0.25, -0.2) is 4.98 Å². The molecule has 112 valence electrons. The van der Waals surface area contributed by atoms with E-state index in [4.69, 9.17) is 5.73 Å². The number of carbonyl (C=O) groups is 1. The van der Waals surface area contributed by atoms with Gasteiger partial charge in [0.2, 0.25) is 0 Å². The number of amides is 1. The average molecular weight is 291 g/mol. The number of aromatic nitrogens is 1. The van der Waals surface area contributed by atoms with Crippen molar-refractivity contribution in [2.45, 2.75) is 25.6 Å². The van der Waals surface area contributed by atoms with E-state index < -0.39 is 23.4 Å². The largest absolute Gasteiger partial charge is 0.433 e. The van der Waals surface area contributed by atoms with Gasteiger partial charge >= 0.3 is 6.18 Å². The van der Waals surface area contributed by atoms with E-state index in [1.807, 2.05) is 0 Å². The molecule has 0 atom stereocenters. The number of anilines is 1. The highest BCUT2D eigenvalue weighted by Crippen LogP contribution is 2.30. The van der Waals surface area contributed by atoms with Crippen LogP contribution in [0.1, 0.15) is 29.9 Å². The molecule has 0 saturated carbocycles. The summed E-state index contributed by atoms with van der Waals surface area (Å²) < 4.78 is 38.0. The summed E-state index contributed by atoms with van der Waals surface area (Å²) in [7, 11) is 1.42. The van der Waals surface area contributed by atoms with Crippen LogP contribution in [0.3, 0.4) is 0 Å². The number of hydrogen-bond acceptors (Lipinski definition) is 4. The minimum atomic E-state index is -4.62. The molecule has 3 N–H and O–H groups in total. The Labute approximate surface area is 114 Å². The van der Waals surface area contributed by atoms with Crippen molar-refractivity contribution in [1.29, 1.82) is 0 Å². The number of aliphatic hydroxyl groups is 1. The number of halogens is 3. The maximum Gasteiger partial charge on any atom is 0.433 e. The van der Waals surface area contributed by atoms with Gasteiger partial charge in [0.25, 0.3) is 5.91 Å². The number of likely N-dealkylation sites (N-methyl/N-ethyl adjacent to an activating group) is 1. The van der Waals surface area contributed by atoms with Crippen molar-refractivity contribution in [3.05, 3.63) is 23.4 Å². The number of rotatable bonds is 4. The van der Waals surface area contributed by atoms with Crippen LogP contribution in [0.15, 0.2) is 12.1 Å². The molecule has 1 amide bonds. The summed E-state index contributed by atoms with van der Waals surface area (Å²) in [6.07, 6.45) is -4.62. The molecule has 5 nitrogen and oxygen atoms in total. The quantitative estimate of drug-likeness (QED) is 0.879. The normalized spacial score (nSPS) is 12.3. The van der Waals surface area contributed by atoms with Crippen molar-refractivity contribution < 1.29 is 23.1 Å². The third kappa shape index (κ3) is 4.09. The molecular formula is C12H16F3N3O2. The molecule has 20 heavy (non-hydrogen) atoms. The van der Waals surface area contributed by atoms with Gasteiger partial charge in [-0.3, -0.25) is 4.79 Å². The maximum atomic E-state index is 12.7. The molecule has 1 rings (SSSR count). The van der Waals surface area contributed by atoms with E-state index in [1.165, 1.54) is 25.8 Å². The Hall–Kier alpha value is -1.83. The number of nitrogens with two attached hydrogens (primary N) is 1. The van der Waals surface area contributed by atoms with Crippen LogP contribution in [0.4, 0.5) is 19.0 Å². The van der Waals surface area contributed by atoms with Crippen LogP contribution in [0.25, 0.3) is 0 Å². The molecular weight excluding hydrogens is 275 g/mol. The molecule has 0 aliphatic carbocycles. The second-order valence-corrected chi connectivity index (χ2v) is 5.10. The van der Waals surface area contributed by atoms with Gasteiger partial charge in [-0.15, -0.1) is 0 Å². The lowest BCUT2D eigenvalue weighted by Gasteiger charge is -2.27. The van der Waals surface area contributed by atoms with Crippen LogP contribution < -0.4 is 10.6 Å².